The molecule has 0 aliphatic carbocycles. The van der Waals surface area contributed by atoms with Gasteiger partial charge in [-0.1, -0.05) is 15.9 Å². The summed E-state index contributed by atoms with van der Waals surface area (Å²) in [6, 6.07) is 4.00. The Morgan fingerprint density at radius 3 is 3.00 bits per heavy atom. The molecule has 0 aliphatic rings. The molecule has 0 atom stereocenters. The van der Waals surface area contributed by atoms with Gasteiger partial charge < -0.3 is 10.1 Å². The molecule has 2 aromatic rings. The van der Waals surface area contributed by atoms with Gasteiger partial charge in [-0.05, 0) is 31.0 Å². The first-order valence-electron chi connectivity index (χ1n) is 5.43. The van der Waals surface area contributed by atoms with E-state index in [0.29, 0.717) is 12.8 Å². The minimum Gasteiger partial charge on any atom is -0.481 e. The molecule has 4 nitrogen and oxygen atoms in total. The number of nitrogens with zero attached hydrogens (tertiary/aromatic N) is 1. The summed E-state index contributed by atoms with van der Waals surface area (Å²) in [5.74, 6) is 0.0856. The first-order valence-corrected chi connectivity index (χ1v) is 6.22. The molecule has 90 valence electrons. The van der Waals surface area contributed by atoms with Crippen LogP contribution in [0.4, 0.5) is 0 Å². The van der Waals surface area contributed by atoms with Crippen molar-refractivity contribution in [2.75, 3.05) is 0 Å². The number of fused-ring (bicyclic) bond motifs is 1. The molecule has 0 radical (unpaired) electrons. The van der Waals surface area contributed by atoms with E-state index in [4.69, 9.17) is 5.11 Å². The van der Waals surface area contributed by atoms with Gasteiger partial charge in [0.1, 0.15) is 5.82 Å². The second kappa shape index (κ2) is 4.87. The number of carboxylic acids is 1. The molecule has 0 saturated heterocycles. The summed E-state index contributed by atoms with van der Waals surface area (Å²) in [7, 11) is 0. The lowest BCUT2D eigenvalue weighted by Crippen LogP contribution is -1.96. The number of aliphatic carboxylic acids is 1. The molecule has 0 saturated carbocycles. The second-order valence-electron chi connectivity index (χ2n) is 4.05. The summed E-state index contributed by atoms with van der Waals surface area (Å²) in [5, 5.41) is 8.57. The standard InChI is InChI=1S/C12H13BrN2O2/c1-7-5-8(13)6-9-12(7)15-10(14-9)3-2-4-11(16)17/h5-6H,2-4H2,1H3,(H,14,15)(H,16,17). The molecule has 0 fully saturated rings. The third-order valence-electron chi connectivity index (χ3n) is 2.60. The highest BCUT2D eigenvalue weighted by molar-refractivity contribution is 9.10. The average molecular weight is 297 g/mol. The number of hydrogen-bond acceptors (Lipinski definition) is 2. The molecule has 0 unspecified atom stereocenters. The van der Waals surface area contributed by atoms with Gasteiger partial charge in [0.25, 0.3) is 0 Å². The summed E-state index contributed by atoms with van der Waals surface area (Å²) >= 11 is 3.44. The number of H-pyrrole nitrogens is 1. The normalized spacial score (nSPS) is 10.9. The van der Waals surface area contributed by atoms with Crippen LogP contribution in [0.2, 0.25) is 0 Å². The number of aromatic amines is 1. The molecule has 2 N–H and O–H groups in total. The molecular weight excluding hydrogens is 284 g/mol. The highest BCUT2D eigenvalue weighted by Crippen LogP contribution is 2.22. The van der Waals surface area contributed by atoms with Crippen molar-refractivity contribution >= 4 is 32.9 Å². The van der Waals surface area contributed by atoms with Gasteiger partial charge in [0.05, 0.1) is 11.0 Å². The molecule has 17 heavy (non-hydrogen) atoms. The summed E-state index contributed by atoms with van der Waals surface area (Å²) in [4.78, 5) is 18.1. The summed E-state index contributed by atoms with van der Waals surface area (Å²) in [6.07, 6.45) is 1.45. The average Bonchev–Trinajstić information content (AvgIpc) is 2.60. The predicted molar refractivity (Wildman–Crippen MR) is 69.1 cm³/mol. The van der Waals surface area contributed by atoms with Crippen molar-refractivity contribution in [1.82, 2.24) is 9.97 Å². The van der Waals surface area contributed by atoms with Crippen LogP contribution in [0.15, 0.2) is 16.6 Å². The van der Waals surface area contributed by atoms with Crippen LogP contribution in [0.25, 0.3) is 11.0 Å². The van der Waals surface area contributed by atoms with Gasteiger partial charge in [0.2, 0.25) is 0 Å². The quantitative estimate of drug-likeness (QED) is 0.911. The van der Waals surface area contributed by atoms with Gasteiger partial charge in [0.15, 0.2) is 0 Å². The van der Waals surface area contributed by atoms with Crippen molar-refractivity contribution in [2.45, 2.75) is 26.2 Å². The number of carbonyl (C=O) groups is 1. The van der Waals surface area contributed by atoms with Gasteiger partial charge in [-0.2, -0.15) is 0 Å². The lowest BCUT2D eigenvalue weighted by atomic mass is 10.2. The maximum atomic E-state index is 10.4. The number of carboxylic acid groups (broad SMARTS) is 1. The molecule has 5 heteroatoms. The van der Waals surface area contributed by atoms with Crippen molar-refractivity contribution < 1.29 is 9.90 Å². The Kier molecular flexibility index (Phi) is 3.47. The van der Waals surface area contributed by atoms with Crippen molar-refractivity contribution in [2.24, 2.45) is 0 Å². The number of aryl methyl sites for hydroxylation is 2. The van der Waals surface area contributed by atoms with Gasteiger partial charge in [-0.25, -0.2) is 4.98 Å². The third-order valence-corrected chi connectivity index (χ3v) is 3.05. The largest absolute Gasteiger partial charge is 0.481 e. The monoisotopic (exact) mass is 296 g/mol. The Balaban J connectivity index is 2.20. The van der Waals surface area contributed by atoms with E-state index < -0.39 is 5.97 Å². The van der Waals surface area contributed by atoms with E-state index in [-0.39, 0.29) is 6.42 Å². The van der Waals surface area contributed by atoms with Crippen LogP contribution in [0.1, 0.15) is 24.2 Å². The van der Waals surface area contributed by atoms with E-state index in [2.05, 4.69) is 25.9 Å². The van der Waals surface area contributed by atoms with Crippen molar-refractivity contribution in [1.29, 1.82) is 0 Å². The van der Waals surface area contributed by atoms with E-state index in [1.54, 1.807) is 0 Å². The Hall–Kier alpha value is -1.36. The number of hydrogen-bond donors (Lipinski definition) is 2. The topological polar surface area (TPSA) is 66.0 Å². The van der Waals surface area contributed by atoms with Crippen molar-refractivity contribution in [3.05, 3.63) is 28.0 Å². The summed E-state index contributed by atoms with van der Waals surface area (Å²) in [5.41, 5.74) is 3.05. The van der Waals surface area contributed by atoms with Crippen LogP contribution in [-0.4, -0.2) is 21.0 Å². The highest BCUT2D eigenvalue weighted by Gasteiger charge is 2.07. The van der Waals surface area contributed by atoms with Crippen LogP contribution >= 0.6 is 15.9 Å². The summed E-state index contributed by atoms with van der Waals surface area (Å²) < 4.78 is 1.02. The molecule has 2 rings (SSSR count). The molecular formula is C12H13BrN2O2. The lowest BCUT2D eigenvalue weighted by molar-refractivity contribution is -0.137. The number of rotatable bonds is 4. The molecule has 0 spiro atoms. The van der Waals surface area contributed by atoms with Gasteiger partial charge in [-0.3, -0.25) is 4.79 Å². The first-order chi connectivity index (χ1) is 8.06. The van der Waals surface area contributed by atoms with Crippen LogP contribution < -0.4 is 0 Å². The minimum absolute atomic E-state index is 0.180. The number of benzene rings is 1. The third kappa shape index (κ3) is 2.85. The Morgan fingerprint density at radius 1 is 1.53 bits per heavy atom. The molecule has 0 aliphatic heterocycles. The maximum absolute atomic E-state index is 10.4. The number of aromatic nitrogens is 2. The Bertz CT molecular complexity index is 563. The van der Waals surface area contributed by atoms with Crippen LogP contribution in [-0.2, 0) is 11.2 Å². The van der Waals surface area contributed by atoms with E-state index in [9.17, 15) is 4.79 Å². The van der Waals surface area contributed by atoms with E-state index in [0.717, 1.165) is 26.9 Å². The lowest BCUT2D eigenvalue weighted by Gasteiger charge is -1.94. The van der Waals surface area contributed by atoms with Crippen LogP contribution in [0, 0.1) is 6.92 Å². The van der Waals surface area contributed by atoms with E-state index in [1.165, 1.54) is 0 Å². The fraction of sp³-hybridized carbons (Fsp3) is 0.333. The summed E-state index contributed by atoms with van der Waals surface area (Å²) in [6.45, 7) is 2.01. The molecule has 1 aromatic carbocycles. The fourth-order valence-corrected chi connectivity index (χ4v) is 2.40. The smallest absolute Gasteiger partial charge is 0.303 e. The van der Waals surface area contributed by atoms with E-state index >= 15 is 0 Å². The number of nitrogens with one attached hydrogen (secondary N) is 1. The van der Waals surface area contributed by atoms with Crippen LogP contribution in [0.5, 0.6) is 0 Å². The van der Waals surface area contributed by atoms with Gasteiger partial charge >= 0.3 is 5.97 Å². The SMILES string of the molecule is Cc1cc(Br)cc2[nH]c(CCCC(=O)O)nc12. The predicted octanol–water partition coefficient (Wildman–Crippen LogP) is 3.04. The molecule has 0 amide bonds. The molecule has 1 aromatic heterocycles. The zero-order valence-electron chi connectivity index (χ0n) is 9.46. The number of halogens is 1. The zero-order valence-corrected chi connectivity index (χ0v) is 11.0. The van der Waals surface area contributed by atoms with Gasteiger partial charge in [-0.15, -0.1) is 0 Å². The van der Waals surface area contributed by atoms with Gasteiger partial charge in [0, 0.05) is 17.3 Å². The molecule has 0 bridgehead atoms. The fourth-order valence-electron chi connectivity index (χ4n) is 1.82. The highest BCUT2D eigenvalue weighted by atomic mass is 79.9. The Morgan fingerprint density at radius 2 is 2.29 bits per heavy atom. The van der Waals surface area contributed by atoms with E-state index in [1.807, 2.05) is 19.1 Å². The van der Waals surface area contributed by atoms with Crippen molar-refractivity contribution in [3.63, 3.8) is 0 Å². The van der Waals surface area contributed by atoms with Crippen LogP contribution in [0.3, 0.4) is 0 Å². The Labute approximate surface area is 107 Å². The maximum Gasteiger partial charge on any atom is 0.303 e. The zero-order chi connectivity index (χ0) is 12.4. The first kappa shape index (κ1) is 12.1. The number of imidazole rings is 1. The van der Waals surface area contributed by atoms with Crippen molar-refractivity contribution in [3.8, 4) is 0 Å². The second-order valence-corrected chi connectivity index (χ2v) is 4.97. The molecule has 1 heterocycles. The minimum atomic E-state index is -0.764.